The van der Waals surface area contributed by atoms with Crippen molar-refractivity contribution < 1.29 is 34.1 Å². The van der Waals surface area contributed by atoms with Crippen LogP contribution in [0.25, 0.3) is 11.4 Å². The van der Waals surface area contributed by atoms with Crippen LogP contribution in [0.1, 0.15) is 67.5 Å². The number of carbonyl (C=O) groups is 4. The number of rotatable bonds is 9. The molecule has 2 fully saturated rings. The van der Waals surface area contributed by atoms with E-state index < -0.39 is 36.0 Å². The average Bonchev–Trinajstić information content (AvgIpc) is 2.99. The summed E-state index contributed by atoms with van der Waals surface area (Å²) in [7, 11) is 0. The molecule has 41 heavy (non-hydrogen) atoms. The van der Waals surface area contributed by atoms with E-state index in [2.05, 4.69) is 10.3 Å². The molecule has 12 heteroatoms. The molecule has 4 rings (SSSR count). The minimum Gasteiger partial charge on any atom is -0.481 e. The number of carbonyl (C=O) groups excluding carboxylic acids is 3. The standard InChI is InChI=1S/C29H37N5O7/c1-2-41-29(40)34-16-14-33(15-17-34)28(39)21(12-13-25(36)37)32-27(38)23-18-22(20-10-6-7-11-24(20)35)30-26(31-23)19-8-4-3-5-9-19/h3-5,8-9,18,20-21,24,35H,2,6-7,10-17H2,1H3,(H,32,38)(H,36,37)/t20?,21?,24-/m0/s1. The molecule has 3 amide bonds. The molecule has 0 spiro atoms. The lowest BCUT2D eigenvalue weighted by atomic mass is 9.84. The lowest BCUT2D eigenvalue weighted by Gasteiger charge is -2.36. The molecule has 2 aliphatic rings. The van der Waals surface area contributed by atoms with Crippen LogP contribution >= 0.6 is 0 Å². The zero-order chi connectivity index (χ0) is 29.4. The molecule has 12 nitrogen and oxygen atoms in total. The van der Waals surface area contributed by atoms with Crippen molar-refractivity contribution in [1.82, 2.24) is 25.1 Å². The van der Waals surface area contributed by atoms with Crippen LogP contribution in [0.4, 0.5) is 4.79 Å². The zero-order valence-corrected chi connectivity index (χ0v) is 23.2. The summed E-state index contributed by atoms with van der Waals surface area (Å²) in [4.78, 5) is 62.6. The summed E-state index contributed by atoms with van der Waals surface area (Å²) < 4.78 is 5.03. The highest BCUT2D eigenvalue weighted by Gasteiger charge is 2.32. The third-order valence-corrected chi connectivity index (χ3v) is 7.49. The summed E-state index contributed by atoms with van der Waals surface area (Å²) in [6.07, 6.45) is 1.76. The summed E-state index contributed by atoms with van der Waals surface area (Å²) in [6, 6.07) is 9.63. The number of amides is 3. The maximum Gasteiger partial charge on any atom is 0.409 e. The molecule has 1 aliphatic heterocycles. The maximum absolute atomic E-state index is 13.5. The summed E-state index contributed by atoms with van der Waals surface area (Å²) in [5.74, 6) is -2.07. The Morgan fingerprint density at radius 3 is 2.37 bits per heavy atom. The molecule has 3 atom stereocenters. The van der Waals surface area contributed by atoms with E-state index >= 15 is 0 Å². The Hall–Kier alpha value is -4.06. The van der Waals surface area contributed by atoms with Crippen molar-refractivity contribution in [2.45, 2.75) is 63.5 Å². The topological polar surface area (TPSA) is 162 Å². The van der Waals surface area contributed by atoms with Gasteiger partial charge in [0.1, 0.15) is 11.7 Å². The van der Waals surface area contributed by atoms with Crippen molar-refractivity contribution in [3.8, 4) is 11.4 Å². The Labute approximate surface area is 238 Å². The van der Waals surface area contributed by atoms with Crippen molar-refractivity contribution in [3.63, 3.8) is 0 Å². The van der Waals surface area contributed by atoms with E-state index in [-0.39, 0.29) is 57.2 Å². The second-order valence-corrected chi connectivity index (χ2v) is 10.3. The summed E-state index contributed by atoms with van der Waals surface area (Å²) in [6.45, 7) is 2.96. The van der Waals surface area contributed by atoms with Gasteiger partial charge in [-0.15, -0.1) is 0 Å². The maximum atomic E-state index is 13.5. The first kappa shape index (κ1) is 29.9. The molecule has 1 aromatic heterocycles. The van der Waals surface area contributed by atoms with Crippen molar-refractivity contribution in [2.75, 3.05) is 32.8 Å². The third kappa shape index (κ3) is 7.78. The van der Waals surface area contributed by atoms with Crippen LogP contribution in [0, 0.1) is 0 Å². The number of benzene rings is 1. The van der Waals surface area contributed by atoms with E-state index in [1.807, 2.05) is 30.3 Å². The number of nitrogens with one attached hydrogen (secondary N) is 1. The predicted octanol–water partition coefficient (Wildman–Crippen LogP) is 2.43. The van der Waals surface area contributed by atoms with Crippen LogP contribution in [0.2, 0.25) is 0 Å². The monoisotopic (exact) mass is 567 g/mol. The number of aliphatic hydroxyl groups excluding tert-OH is 1. The normalized spacial score (nSPS) is 19.8. The van der Waals surface area contributed by atoms with Gasteiger partial charge in [-0.05, 0) is 32.3 Å². The summed E-state index contributed by atoms with van der Waals surface area (Å²) >= 11 is 0. The van der Waals surface area contributed by atoms with Gasteiger partial charge in [0.05, 0.1) is 18.4 Å². The van der Waals surface area contributed by atoms with Gasteiger partial charge in [0.2, 0.25) is 5.91 Å². The average molecular weight is 568 g/mol. The highest BCUT2D eigenvalue weighted by Crippen LogP contribution is 2.33. The first-order valence-electron chi connectivity index (χ1n) is 14.1. The van der Waals surface area contributed by atoms with E-state index in [0.29, 0.717) is 23.5 Å². The van der Waals surface area contributed by atoms with Gasteiger partial charge in [-0.25, -0.2) is 14.8 Å². The van der Waals surface area contributed by atoms with Crippen molar-refractivity contribution >= 4 is 23.9 Å². The van der Waals surface area contributed by atoms with Crippen LogP contribution < -0.4 is 5.32 Å². The van der Waals surface area contributed by atoms with Crippen LogP contribution in [-0.2, 0) is 14.3 Å². The van der Waals surface area contributed by atoms with Gasteiger partial charge in [-0.2, -0.15) is 0 Å². The highest BCUT2D eigenvalue weighted by molar-refractivity contribution is 5.96. The Morgan fingerprint density at radius 1 is 1.02 bits per heavy atom. The summed E-state index contributed by atoms with van der Waals surface area (Å²) in [5, 5.41) is 22.7. The van der Waals surface area contributed by atoms with Gasteiger partial charge < -0.3 is 30.1 Å². The van der Waals surface area contributed by atoms with Gasteiger partial charge in [0, 0.05) is 44.1 Å². The molecule has 3 N–H and O–H groups in total. The van der Waals surface area contributed by atoms with Crippen LogP contribution in [0.3, 0.4) is 0 Å². The number of nitrogens with zero attached hydrogens (tertiary/aromatic N) is 4. The largest absolute Gasteiger partial charge is 0.481 e. The van der Waals surface area contributed by atoms with E-state index in [0.717, 1.165) is 19.3 Å². The second kappa shape index (κ2) is 14.0. The number of hydrogen-bond acceptors (Lipinski definition) is 8. The van der Waals surface area contributed by atoms with Crippen LogP contribution in [-0.4, -0.2) is 98.8 Å². The van der Waals surface area contributed by atoms with Gasteiger partial charge in [-0.3, -0.25) is 14.4 Å². The predicted molar refractivity (Wildman–Crippen MR) is 148 cm³/mol. The summed E-state index contributed by atoms with van der Waals surface area (Å²) in [5.41, 5.74) is 1.29. The Morgan fingerprint density at radius 2 is 1.71 bits per heavy atom. The van der Waals surface area contributed by atoms with E-state index in [1.54, 1.807) is 13.0 Å². The molecule has 1 aromatic carbocycles. The number of hydrogen-bond donors (Lipinski definition) is 3. The van der Waals surface area contributed by atoms with Crippen molar-refractivity contribution in [2.24, 2.45) is 0 Å². The lowest BCUT2D eigenvalue weighted by Crippen LogP contribution is -2.56. The SMILES string of the molecule is CCOC(=O)N1CCN(C(=O)C(CCC(=O)O)NC(=O)c2cc(C3CCCC[C@@H]3O)nc(-c3ccccc3)n2)CC1. The van der Waals surface area contributed by atoms with Crippen LogP contribution in [0.5, 0.6) is 0 Å². The van der Waals surface area contributed by atoms with Gasteiger partial charge in [0.25, 0.3) is 5.91 Å². The number of aliphatic hydroxyl groups is 1. The number of carboxylic acids is 1. The molecule has 1 aliphatic carbocycles. The number of piperazine rings is 1. The molecule has 0 radical (unpaired) electrons. The fourth-order valence-electron chi connectivity index (χ4n) is 5.25. The molecular weight excluding hydrogens is 530 g/mol. The van der Waals surface area contributed by atoms with Gasteiger partial charge in [-0.1, -0.05) is 43.2 Å². The molecule has 2 heterocycles. The smallest absolute Gasteiger partial charge is 0.409 e. The third-order valence-electron chi connectivity index (χ3n) is 7.49. The Kier molecular flexibility index (Phi) is 10.2. The fraction of sp³-hybridized carbons (Fsp3) is 0.517. The van der Waals surface area contributed by atoms with E-state index in [4.69, 9.17) is 9.72 Å². The Bertz CT molecular complexity index is 1230. The molecule has 220 valence electrons. The van der Waals surface area contributed by atoms with Crippen molar-refractivity contribution in [1.29, 1.82) is 0 Å². The number of ether oxygens (including phenoxy) is 1. The highest BCUT2D eigenvalue weighted by atomic mass is 16.6. The quantitative estimate of drug-likeness (QED) is 0.413. The number of aromatic nitrogens is 2. The fourth-order valence-corrected chi connectivity index (χ4v) is 5.25. The van der Waals surface area contributed by atoms with Crippen molar-refractivity contribution in [3.05, 3.63) is 47.8 Å². The van der Waals surface area contributed by atoms with E-state index in [9.17, 15) is 29.4 Å². The first-order valence-corrected chi connectivity index (χ1v) is 14.1. The molecule has 1 saturated carbocycles. The number of aliphatic carboxylic acids is 1. The van der Waals surface area contributed by atoms with Gasteiger partial charge in [0.15, 0.2) is 5.82 Å². The lowest BCUT2D eigenvalue weighted by molar-refractivity contribution is -0.138. The minimum atomic E-state index is -1.10. The Balaban J connectivity index is 1.56. The zero-order valence-electron chi connectivity index (χ0n) is 23.2. The number of carboxylic acid groups (broad SMARTS) is 1. The van der Waals surface area contributed by atoms with Gasteiger partial charge >= 0.3 is 12.1 Å². The minimum absolute atomic E-state index is 0.0341. The second-order valence-electron chi connectivity index (χ2n) is 10.3. The molecule has 2 unspecified atom stereocenters. The molecule has 0 bridgehead atoms. The first-order chi connectivity index (χ1) is 19.8. The van der Waals surface area contributed by atoms with E-state index in [1.165, 1.54) is 9.80 Å². The molecular formula is C29H37N5O7. The van der Waals surface area contributed by atoms with Crippen LogP contribution in [0.15, 0.2) is 36.4 Å². The molecule has 1 saturated heterocycles. The molecule has 2 aromatic rings.